The van der Waals surface area contributed by atoms with E-state index in [2.05, 4.69) is 20.9 Å². The number of carbonyl (C=O) groups is 1. The van der Waals surface area contributed by atoms with Crippen molar-refractivity contribution in [1.29, 1.82) is 0 Å². The van der Waals surface area contributed by atoms with Crippen LogP contribution in [0.25, 0.3) is 0 Å². The summed E-state index contributed by atoms with van der Waals surface area (Å²) in [5, 5.41) is 0. The van der Waals surface area contributed by atoms with E-state index < -0.39 is 0 Å². The second-order valence-electron chi connectivity index (χ2n) is 2.97. The molecule has 1 aliphatic heterocycles. The van der Waals surface area contributed by atoms with Crippen LogP contribution in [0.3, 0.4) is 0 Å². The van der Waals surface area contributed by atoms with Crippen LogP contribution in [0.1, 0.15) is 10.5 Å². The van der Waals surface area contributed by atoms with Crippen molar-refractivity contribution in [2.45, 2.75) is 0 Å². The smallest absolute Gasteiger partial charge is 0.274 e. The van der Waals surface area contributed by atoms with Gasteiger partial charge in [-0.2, -0.15) is 0 Å². The summed E-state index contributed by atoms with van der Waals surface area (Å²) in [6.07, 6.45) is 1.62. The molecule has 1 aliphatic rings. The topological polar surface area (TPSA) is 42.4 Å². The summed E-state index contributed by atoms with van der Waals surface area (Å²) in [5.74, 6) is -0.0741. The number of halogens is 1. The highest BCUT2D eigenvalue weighted by Crippen LogP contribution is 2.10. The number of rotatable bonds is 1. The van der Waals surface area contributed by atoms with Crippen LogP contribution in [0.2, 0.25) is 0 Å². The third kappa shape index (κ3) is 1.93. The lowest BCUT2D eigenvalue weighted by Gasteiger charge is -2.12. The van der Waals surface area contributed by atoms with E-state index in [9.17, 15) is 4.79 Å². The molecule has 0 aromatic carbocycles. The van der Waals surface area contributed by atoms with Gasteiger partial charge >= 0.3 is 0 Å². The molecule has 14 heavy (non-hydrogen) atoms. The van der Waals surface area contributed by atoms with Crippen molar-refractivity contribution in [3.63, 3.8) is 0 Å². The quantitative estimate of drug-likeness (QED) is 0.760. The molecule has 5 heteroatoms. The molecule has 1 fully saturated rings. The molecule has 1 aromatic heterocycles. The van der Waals surface area contributed by atoms with Crippen LogP contribution in [-0.2, 0) is 4.74 Å². The number of nitrogens with zero attached hydrogens (tertiary/aromatic N) is 2. The van der Waals surface area contributed by atoms with E-state index in [0.29, 0.717) is 25.6 Å². The highest BCUT2D eigenvalue weighted by Gasteiger charge is 2.20. The molecule has 4 nitrogen and oxygen atoms in total. The molecule has 2 rings (SSSR count). The fraction of sp³-hybridized carbons (Fsp3) is 0.333. The zero-order chi connectivity index (χ0) is 9.97. The Balaban J connectivity index is 2.14. The summed E-state index contributed by atoms with van der Waals surface area (Å²) in [5.41, 5.74) is 0.457. The minimum atomic E-state index is -0.0741. The third-order valence-electron chi connectivity index (χ3n) is 1.99. The number of ether oxygens (including phenoxy) is 1. The Kier molecular flexibility index (Phi) is 2.79. The Morgan fingerprint density at radius 1 is 1.57 bits per heavy atom. The summed E-state index contributed by atoms with van der Waals surface area (Å²) in [6.45, 7) is 1.63. The average Bonchev–Trinajstić information content (AvgIpc) is 2.71. The van der Waals surface area contributed by atoms with Gasteiger partial charge in [-0.3, -0.25) is 4.79 Å². The van der Waals surface area contributed by atoms with Gasteiger partial charge in [0.25, 0.3) is 5.91 Å². The first kappa shape index (κ1) is 9.61. The molecule has 0 saturated carbocycles. The SMILES string of the molecule is O=C(c1ccc(Br)cn1)N1CCOC1. The predicted octanol–water partition coefficient (Wildman–Crippen LogP) is 1.27. The van der Waals surface area contributed by atoms with Gasteiger partial charge in [0.1, 0.15) is 12.4 Å². The predicted molar refractivity (Wildman–Crippen MR) is 53.8 cm³/mol. The molecular weight excluding hydrogens is 248 g/mol. The van der Waals surface area contributed by atoms with Gasteiger partial charge in [-0.1, -0.05) is 0 Å². The summed E-state index contributed by atoms with van der Waals surface area (Å²) in [7, 11) is 0. The second-order valence-corrected chi connectivity index (χ2v) is 3.88. The van der Waals surface area contributed by atoms with Crippen molar-refractivity contribution in [1.82, 2.24) is 9.88 Å². The maximum absolute atomic E-state index is 11.7. The Morgan fingerprint density at radius 2 is 2.43 bits per heavy atom. The van der Waals surface area contributed by atoms with Gasteiger partial charge in [-0.25, -0.2) is 4.98 Å². The van der Waals surface area contributed by atoms with Crippen LogP contribution in [0, 0.1) is 0 Å². The van der Waals surface area contributed by atoms with Crippen LogP contribution < -0.4 is 0 Å². The van der Waals surface area contributed by atoms with Crippen LogP contribution in [0.5, 0.6) is 0 Å². The molecule has 0 aliphatic carbocycles. The van der Waals surface area contributed by atoms with Crippen LogP contribution in [0.15, 0.2) is 22.8 Å². The molecule has 0 N–H and O–H groups in total. The van der Waals surface area contributed by atoms with E-state index in [-0.39, 0.29) is 5.91 Å². The van der Waals surface area contributed by atoms with Gasteiger partial charge in [-0.05, 0) is 28.1 Å². The highest BCUT2D eigenvalue weighted by atomic mass is 79.9. The van der Waals surface area contributed by atoms with Gasteiger partial charge in [0.05, 0.1) is 6.61 Å². The first-order valence-electron chi connectivity index (χ1n) is 4.26. The summed E-state index contributed by atoms with van der Waals surface area (Å²) in [4.78, 5) is 17.4. The molecule has 1 saturated heterocycles. The molecule has 1 aromatic rings. The minimum Gasteiger partial charge on any atom is -0.359 e. The largest absolute Gasteiger partial charge is 0.359 e. The number of pyridine rings is 1. The monoisotopic (exact) mass is 256 g/mol. The van der Waals surface area contributed by atoms with Crippen LogP contribution in [0.4, 0.5) is 0 Å². The standard InChI is InChI=1S/C9H9BrN2O2/c10-7-1-2-8(11-5-7)9(13)12-3-4-14-6-12/h1-2,5H,3-4,6H2. The van der Waals surface area contributed by atoms with Gasteiger partial charge in [0.15, 0.2) is 0 Å². The van der Waals surface area contributed by atoms with E-state index in [1.165, 1.54) is 0 Å². The van der Waals surface area contributed by atoms with Crippen molar-refractivity contribution < 1.29 is 9.53 Å². The second kappa shape index (κ2) is 4.06. The Labute approximate surface area is 90.0 Å². The Morgan fingerprint density at radius 3 is 3.00 bits per heavy atom. The van der Waals surface area contributed by atoms with Crippen LogP contribution in [-0.4, -0.2) is 35.7 Å². The molecule has 74 valence electrons. The summed E-state index contributed by atoms with van der Waals surface area (Å²) in [6, 6.07) is 3.50. The van der Waals surface area contributed by atoms with Gasteiger partial charge in [-0.15, -0.1) is 0 Å². The fourth-order valence-corrected chi connectivity index (χ4v) is 1.47. The maximum Gasteiger partial charge on any atom is 0.274 e. The molecule has 0 bridgehead atoms. The number of aromatic nitrogens is 1. The van der Waals surface area contributed by atoms with E-state index in [1.807, 2.05) is 0 Å². The van der Waals surface area contributed by atoms with E-state index >= 15 is 0 Å². The average molecular weight is 257 g/mol. The van der Waals surface area contributed by atoms with Crippen molar-refractivity contribution in [2.75, 3.05) is 19.9 Å². The Hall–Kier alpha value is -0.940. The fourth-order valence-electron chi connectivity index (χ4n) is 1.24. The first-order chi connectivity index (χ1) is 6.77. The zero-order valence-corrected chi connectivity index (χ0v) is 9.03. The lowest BCUT2D eigenvalue weighted by molar-refractivity contribution is 0.0689. The van der Waals surface area contributed by atoms with E-state index in [1.54, 1.807) is 23.2 Å². The number of hydrogen-bond donors (Lipinski definition) is 0. The molecule has 2 heterocycles. The molecule has 0 radical (unpaired) electrons. The molecule has 0 spiro atoms. The summed E-state index contributed by atoms with van der Waals surface area (Å²) < 4.78 is 5.96. The normalized spacial score (nSPS) is 15.9. The lowest BCUT2D eigenvalue weighted by Crippen LogP contribution is -2.28. The third-order valence-corrected chi connectivity index (χ3v) is 2.46. The molecule has 0 unspecified atom stereocenters. The van der Waals surface area contributed by atoms with E-state index in [4.69, 9.17) is 4.74 Å². The minimum absolute atomic E-state index is 0.0741. The van der Waals surface area contributed by atoms with Gasteiger partial charge in [0, 0.05) is 17.2 Å². The van der Waals surface area contributed by atoms with E-state index in [0.717, 1.165) is 4.47 Å². The molecule has 0 atom stereocenters. The van der Waals surface area contributed by atoms with Crippen LogP contribution >= 0.6 is 15.9 Å². The highest BCUT2D eigenvalue weighted by molar-refractivity contribution is 9.10. The summed E-state index contributed by atoms with van der Waals surface area (Å²) >= 11 is 3.27. The first-order valence-corrected chi connectivity index (χ1v) is 5.05. The molecule has 1 amide bonds. The number of carbonyl (C=O) groups excluding carboxylic acids is 1. The van der Waals surface area contributed by atoms with Crippen molar-refractivity contribution in [3.8, 4) is 0 Å². The maximum atomic E-state index is 11.7. The number of amides is 1. The van der Waals surface area contributed by atoms with Gasteiger partial charge in [0.2, 0.25) is 0 Å². The van der Waals surface area contributed by atoms with Crippen molar-refractivity contribution in [3.05, 3.63) is 28.5 Å². The van der Waals surface area contributed by atoms with Crippen molar-refractivity contribution >= 4 is 21.8 Å². The van der Waals surface area contributed by atoms with Crippen molar-refractivity contribution in [2.24, 2.45) is 0 Å². The Bertz CT molecular complexity index is 333. The number of hydrogen-bond acceptors (Lipinski definition) is 3. The molecular formula is C9H9BrN2O2. The van der Waals surface area contributed by atoms with Gasteiger partial charge < -0.3 is 9.64 Å². The lowest BCUT2D eigenvalue weighted by atomic mass is 10.3. The zero-order valence-electron chi connectivity index (χ0n) is 7.44.